The second-order valence-electron chi connectivity index (χ2n) is 3.75. The van der Waals surface area contributed by atoms with Crippen molar-refractivity contribution in [2.75, 3.05) is 32.8 Å². The van der Waals surface area contributed by atoms with Crippen LogP contribution < -0.4 is 14.8 Å². The minimum absolute atomic E-state index is 0.568. The summed E-state index contributed by atoms with van der Waals surface area (Å²) in [6.07, 6.45) is 5.97. The predicted octanol–water partition coefficient (Wildman–Crippen LogP) is 1.73. The van der Waals surface area contributed by atoms with Crippen molar-refractivity contribution < 1.29 is 9.47 Å². The van der Waals surface area contributed by atoms with Gasteiger partial charge in [-0.3, -0.25) is 0 Å². The summed E-state index contributed by atoms with van der Waals surface area (Å²) in [5.41, 5.74) is 0.868. The van der Waals surface area contributed by atoms with Gasteiger partial charge in [0.1, 0.15) is 6.33 Å². The van der Waals surface area contributed by atoms with Crippen LogP contribution in [0.2, 0.25) is 0 Å². The van der Waals surface area contributed by atoms with E-state index in [1.54, 1.807) is 14.2 Å². The fraction of sp³-hybridized carbons (Fsp3) is 0.667. The summed E-state index contributed by atoms with van der Waals surface area (Å²) in [4.78, 5) is 8.15. The first-order chi connectivity index (χ1) is 8.83. The molecule has 1 aromatic rings. The predicted molar refractivity (Wildman–Crippen MR) is 74.5 cm³/mol. The third-order valence-electron chi connectivity index (χ3n) is 2.51. The maximum absolute atomic E-state index is 5.21. The van der Waals surface area contributed by atoms with Gasteiger partial charge in [-0.15, -0.1) is 0 Å². The maximum atomic E-state index is 5.21. The van der Waals surface area contributed by atoms with E-state index in [0.717, 1.165) is 12.1 Å². The lowest BCUT2D eigenvalue weighted by atomic mass is 10.3. The Labute approximate surface area is 113 Å². The smallest absolute Gasteiger partial charge is 0.224 e. The van der Waals surface area contributed by atoms with Gasteiger partial charge in [-0.1, -0.05) is 0 Å². The number of rotatable bonds is 9. The molecule has 1 heterocycles. The van der Waals surface area contributed by atoms with E-state index in [4.69, 9.17) is 9.47 Å². The number of thioether (sulfide) groups is 1. The molecule has 0 aliphatic heterocycles. The van der Waals surface area contributed by atoms with E-state index in [1.807, 2.05) is 11.8 Å². The van der Waals surface area contributed by atoms with Gasteiger partial charge in [-0.05, 0) is 31.4 Å². The van der Waals surface area contributed by atoms with Crippen LogP contribution in [0.1, 0.15) is 18.4 Å². The lowest BCUT2D eigenvalue weighted by Crippen LogP contribution is -2.17. The zero-order chi connectivity index (χ0) is 13.2. The molecule has 0 unspecified atom stereocenters. The number of nitrogens with one attached hydrogen (secondary N) is 1. The molecule has 0 aromatic carbocycles. The molecule has 0 aliphatic rings. The van der Waals surface area contributed by atoms with Gasteiger partial charge in [-0.2, -0.15) is 11.8 Å². The van der Waals surface area contributed by atoms with E-state index in [-0.39, 0.29) is 0 Å². The highest BCUT2D eigenvalue weighted by atomic mass is 32.2. The second kappa shape index (κ2) is 8.99. The van der Waals surface area contributed by atoms with Crippen LogP contribution in [0.4, 0.5) is 0 Å². The summed E-state index contributed by atoms with van der Waals surface area (Å²) < 4.78 is 10.4. The molecule has 1 rings (SSSR count). The lowest BCUT2D eigenvalue weighted by molar-refractivity contribution is 0.359. The molecule has 0 saturated carbocycles. The fourth-order valence-corrected chi connectivity index (χ4v) is 2.09. The van der Waals surface area contributed by atoms with Crippen LogP contribution in [-0.4, -0.2) is 42.7 Å². The van der Waals surface area contributed by atoms with E-state index in [1.165, 1.54) is 24.9 Å². The third-order valence-corrected chi connectivity index (χ3v) is 3.20. The molecule has 18 heavy (non-hydrogen) atoms. The molecule has 0 spiro atoms. The fourth-order valence-electron chi connectivity index (χ4n) is 1.59. The molecule has 0 saturated heterocycles. The molecule has 1 aromatic heterocycles. The van der Waals surface area contributed by atoms with E-state index in [2.05, 4.69) is 21.5 Å². The van der Waals surface area contributed by atoms with Gasteiger partial charge >= 0.3 is 0 Å². The van der Waals surface area contributed by atoms with Gasteiger partial charge in [0.25, 0.3) is 0 Å². The monoisotopic (exact) mass is 271 g/mol. The Morgan fingerprint density at radius 3 is 2.39 bits per heavy atom. The van der Waals surface area contributed by atoms with Crippen molar-refractivity contribution in [1.29, 1.82) is 0 Å². The first-order valence-corrected chi connectivity index (χ1v) is 7.34. The number of methoxy groups -OCH3 is 2. The summed E-state index contributed by atoms with van der Waals surface area (Å²) in [7, 11) is 3.20. The van der Waals surface area contributed by atoms with Crippen LogP contribution in [0.15, 0.2) is 6.33 Å². The molecule has 6 heteroatoms. The van der Waals surface area contributed by atoms with E-state index < -0.39 is 0 Å². The topological polar surface area (TPSA) is 56.3 Å². The minimum Gasteiger partial charge on any atom is -0.481 e. The van der Waals surface area contributed by atoms with Crippen LogP contribution in [-0.2, 0) is 6.54 Å². The van der Waals surface area contributed by atoms with Gasteiger partial charge < -0.3 is 14.8 Å². The van der Waals surface area contributed by atoms with Gasteiger partial charge in [0.2, 0.25) is 11.8 Å². The van der Waals surface area contributed by atoms with Crippen molar-refractivity contribution in [3.8, 4) is 11.8 Å². The van der Waals surface area contributed by atoms with Crippen LogP contribution in [0, 0.1) is 0 Å². The largest absolute Gasteiger partial charge is 0.481 e. The van der Waals surface area contributed by atoms with Crippen molar-refractivity contribution in [2.24, 2.45) is 0 Å². The Kier molecular flexibility index (Phi) is 7.52. The molecule has 0 atom stereocenters. The summed E-state index contributed by atoms with van der Waals surface area (Å²) >= 11 is 1.88. The van der Waals surface area contributed by atoms with Crippen molar-refractivity contribution in [2.45, 2.75) is 19.4 Å². The lowest BCUT2D eigenvalue weighted by Gasteiger charge is -2.11. The molecule has 1 N–H and O–H groups in total. The molecule has 0 bridgehead atoms. The molecular formula is C12H21N3O2S. The Hall–Kier alpha value is -1.01. The Morgan fingerprint density at radius 1 is 1.17 bits per heavy atom. The van der Waals surface area contributed by atoms with E-state index >= 15 is 0 Å². The summed E-state index contributed by atoms with van der Waals surface area (Å²) in [5.74, 6) is 2.35. The molecule has 102 valence electrons. The van der Waals surface area contributed by atoms with Gasteiger partial charge in [0, 0.05) is 6.54 Å². The van der Waals surface area contributed by atoms with E-state index in [9.17, 15) is 0 Å². The average Bonchev–Trinajstić information content (AvgIpc) is 2.42. The number of aromatic nitrogens is 2. The van der Waals surface area contributed by atoms with Crippen molar-refractivity contribution in [3.63, 3.8) is 0 Å². The highest BCUT2D eigenvalue weighted by molar-refractivity contribution is 7.98. The average molecular weight is 271 g/mol. The Balaban J connectivity index is 2.45. The quantitative estimate of drug-likeness (QED) is 0.690. The number of hydrogen-bond donors (Lipinski definition) is 1. The first kappa shape index (κ1) is 15.0. The molecule has 0 fully saturated rings. The molecule has 0 amide bonds. The SMILES string of the molecule is COc1ncnc(OC)c1CNCCCCSC. The summed E-state index contributed by atoms with van der Waals surface area (Å²) in [6, 6.07) is 0. The van der Waals surface area contributed by atoms with Crippen molar-refractivity contribution in [3.05, 3.63) is 11.9 Å². The van der Waals surface area contributed by atoms with Crippen LogP contribution >= 0.6 is 11.8 Å². The zero-order valence-electron chi connectivity index (χ0n) is 11.2. The van der Waals surface area contributed by atoms with Gasteiger partial charge in [0.15, 0.2) is 0 Å². The second-order valence-corrected chi connectivity index (χ2v) is 4.73. The standard InChI is InChI=1S/C12H21N3O2S/c1-16-11-10(12(17-2)15-9-14-11)8-13-6-4-5-7-18-3/h9,13H,4-8H2,1-3H3. The minimum atomic E-state index is 0.568. The number of nitrogens with zero attached hydrogens (tertiary/aromatic N) is 2. The first-order valence-electron chi connectivity index (χ1n) is 5.95. The zero-order valence-corrected chi connectivity index (χ0v) is 12.0. The van der Waals surface area contributed by atoms with Crippen molar-refractivity contribution in [1.82, 2.24) is 15.3 Å². The molecule has 0 radical (unpaired) electrons. The maximum Gasteiger partial charge on any atom is 0.224 e. The van der Waals surface area contributed by atoms with Gasteiger partial charge in [-0.25, -0.2) is 9.97 Å². The molecule has 0 aliphatic carbocycles. The van der Waals surface area contributed by atoms with E-state index in [0.29, 0.717) is 18.3 Å². The summed E-state index contributed by atoms with van der Waals surface area (Å²) in [5, 5.41) is 3.36. The van der Waals surface area contributed by atoms with Crippen molar-refractivity contribution >= 4 is 11.8 Å². The van der Waals surface area contributed by atoms with Crippen LogP contribution in [0.25, 0.3) is 0 Å². The summed E-state index contributed by atoms with van der Waals surface area (Å²) in [6.45, 7) is 1.63. The number of hydrogen-bond acceptors (Lipinski definition) is 6. The van der Waals surface area contributed by atoms with Gasteiger partial charge in [0.05, 0.1) is 19.8 Å². The Bertz CT molecular complexity index is 328. The highest BCUT2D eigenvalue weighted by Crippen LogP contribution is 2.22. The molecule has 5 nitrogen and oxygen atoms in total. The normalized spacial score (nSPS) is 10.4. The third kappa shape index (κ3) is 4.70. The highest BCUT2D eigenvalue weighted by Gasteiger charge is 2.11. The molecular weight excluding hydrogens is 250 g/mol. The van der Waals surface area contributed by atoms with Crippen LogP contribution in [0.3, 0.4) is 0 Å². The number of ether oxygens (including phenoxy) is 2. The number of unbranched alkanes of at least 4 members (excludes halogenated alkanes) is 1. The Morgan fingerprint density at radius 2 is 1.83 bits per heavy atom. The van der Waals surface area contributed by atoms with Crippen LogP contribution in [0.5, 0.6) is 11.8 Å².